The van der Waals surface area contributed by atoms with Crippen LogP contribution in [0.5, 0.6) is 0 Å². The number of ether oxygens (including phenoxy) is 2. The fraction of sp³-hybridized carbons (Fsp3) is 0.521. The molecular weight excluding hydrogens is 884 g/mol. The molecule has 7 rings (SSSR count). The average Bonchev–Trinajstić information content (AvgIpc) is 3.86. The summed E-state index contributed by atoms with van der Waals surface area (Å²) in [7, 11) is 3.33. The summed E-state index contributed by atoms with van der Waals surface area (Å²) in [4.78, 5) is 56.0. The third kappa shape index (κ3) is 14.4. The van der Waals surface area contributed by atoms with Gasteiger partial charge in [0.25, 0.3) is 5.91 Å². The number of halogens is 3. The van der Waals surface area contributed by atoms with Gasteiger partial charge in [-0.05, 0) is 96.8 Å². The van der Waals surface area contributed by atoms with E-state index in [4.69, 9.17) is 30.7 Å². The lowest BCUT2D eigenvalue weighted by atomic mass is 9.75. The average molecular weight is 954 g/mol. The zero-order valence-corrected chi connectivity index (χ0v) is 39.3. The van der Waals surface area contributed by atoms with E-state index in [9.17, 15) is 27.6 Å². The molecular formula is C48H70F3N11O6. The summed E-state index contributed by atoms with van der Waals surface area (Å²) in [5.41, 5.74) is 21.4. The molecule has 0 bridgehead atoms. The first kappa shape index (κ1) is 56.5. The topological polar surface area (TPSA) is 244 Å². The number of primary amides is 1. The Morgan fingerprint density at radius 2 is 1.74 bits per heavy atom. The van der Waals surface area contributed by atoms with Gasteiger partial charge in [-0.25, -0.2) is 9.78 Å². The first-order valence-electron chi connectivity index (χ1n) is 22.3. The number of hydrogen-bond acceptors (Lipinski definition) is 13. The molecule has 3 aliphatic rings. The van der Waals surface area contributed by atoms with Gasteiger partial charge in [-0.15, -0.1) is 10.2 Å². The number of aromatic nitrogens is 4. The van der Waals surface area contributed by atoms with E-state index in [0.717, 1.165) is 49.8 Å². The predicted molar refractivity (Wildman–Crippen MR) is 255 cm³/mol. The minimum Gasteiger partial charge on any atom is -0.444 e. The van der Waals surface area contributed by atoms with Crippen LogP contribution in [0, 0.1) is 11.8 Å². The molecule has 374 valence electrons. The van der Waals surface area contributed by atoms with E-state index < -0.39 is 29.2 Å². The molecule has 2 aromatic carbocycles. The van der Waals surface area contributed by atoms with Crippen LogP contribution in [0.25, 0.3) is 0 Å². The van der Waals surface area contributed by atoms with Gasteiger partial charge in [0.15, 0.2) is 0 Å². The molecule has 0 aliphatic carbocycles. The second-order valence-electron chi connectivity index (χ2n) is 17.2. The van der Waals surface area contributed by atoms with Crippen LogP contribution in [0.2, 0.25) is 0 Å². The van der Waals surface area contributed by atoms with Crippen molar-refractivity contribution in [2.24, 2.45) is 41.8 Å². The molecule has 2 saturated heterocycles. The maximum Gasteiger partial charge on any atom is 0.416 e. The molecule has 20 heteroatoms. The smallest absolute Gasteiger partial charge is 0.416 e. The van der Waals surface area contributed by atoms with Crippen molar-refractivity contribution in [3.63, 3.8) is 0 Å². The zero-order chi connectivity index (χ0) is 49.5. The number of nitrogens with zero attached hydrogens (tertiary/aromatic N) is 7. The van der Waals surface area contributed by atoms with Crippen molar-refractivity contribution in [1.29, 1.82) is 0 Å². The summed E-state index contributed by atoms with van der Waals surface area (Å²) in [6.07, 6.45) is 0.553. The van der Waals surface area contributed by atoms with E-state index in [2.05, 4.69) is 40.4 Å². The third-order valence-electron chi connectivity index (χ3n) is 11.9. The molecule has 2 aromatic heterocycles. The Bertz CT molecular complexity index is 2250. The Morgan fingerprint density at radius 1 is 1.07 bits per heavy atom. The third-order valence-corrected chi connectivity index (χ3v) is 11.9. The van der Waals surface area contributed by atoms with Gasteiger partial charge in [-0.2, -0.15) is 13.2 Å². The van der Waals surface area contributed by atoms with Crippen LogP contribution < -0.4 is 32.7 Å². The maximum absolute atomic E-state index is 14.7. The lowest BCUT2D eigenvalue weighted by molar-refractivity contribution is -0.138. The number of piperidine rings is 1. The number of carbonyl (C=O) groups excluding carboxylic acids is 4. The fourth-order valence-corrected chi connectivity index (χ4v) is 7.94. The summed E-state index contributed by atoms with van der Waals surface area (Å²) >= 11 is 0. The van der Waals surface area contributed by atoms with Gasteiger partial charge in [0.05, 0.1) is 31.4 Å². The van der Waals surface area contributed by atoms with Crippen LogP contribution in [0.4, 0.5) is 29.6 Å². The summed E-state index contributed by atoms with van der Waals surface area (Å²) in [6.45, 7) is 10.2. The van der Waals surface area contributed by atoms with Gasteiger partial charge in [0, 0.05) is 50.6 Å². The van der Waals surface area contributed by atoms with Gasteiger partial charge in [0.2, 0.25) is 6.41 Å². The molecule has 4 aromatic rings. The molecule has 68 heavy (non-hydrogen) atoms. The molecule has 2 atom stereocenters. The number of benzene rings is 2. The first-order chi connectivity index (χ1) is 32.0. The van der Waals surface area contributed by atoms with Crippen molar-refractivity contribution >= 4 is 36.3 Å². The summed E-state index contributed by atoms with van der Waals surface area (Å²) in [5, 5.41) is 8.30. The van der Waals surface area contributed by atoms with Crippen LogP contribution in [0.3, 0.4) is 0 Å². The van der Waals surface area contributed by atoms with Crippen molar-refractivity contribution < 1.29 is 41.8 Å². The lowest BCUT2D eigenvalue weighted by Crippen LogP contribution is -2.49. The van der Waals surface area contributed by atoms with Gasteiger partial charge in [-0.3, -0.25) is 24.3 Å². The van der Waals surface area contributed by atoms with Gasteiger partial charge < -0.3 is 41.8 Å². The first-order valence-corrected chi connectivity index (χ1v) is 22.3. The molecule has 1 unspecified atom stereocenters. The fourth-order valence-electron chi connectivity index (χ4n) is 7.94. The summed E-state index contributed by atoms with van der Waals surface area (Å²) in [6, 6.07) is 13.7. The maximum atomic E-state index is 14.7. The number of carbonyl (C=O) groups is 4. The Kier molecular flexibility index (Phi) is 21.7. The number of anilines is 2. The number of pyridine rings is 1. The van der Waals surface area contributed by atoms with Crippen LogP contribution in [-0.2, 0) is 70.2 Å². The minimum absolute atomic E-state index is 0. The summed E-state index contributed by atoms with van der Waals surface area (Å²) in [5.74, 6) is 1.05. The standard InChI is InChI=1S/C40H47F3N8O4.C5H11NO.CH3NO.CH5N.CH4/c1-4-27-7-9-28(10-8-27)22-55-38(53)50(13-11-44)34-16-30(39(23-54-24-39)18-36-47-45-25-48(36)3)17-35(46-34)51-21-32-31(37(51)52)14-29(15-33(32)40(41,42)43)20-49-12-5-6-26(2)19-49;1-4(2)5(6)3-7;2-1-3;1-2;/h7-10,14-17,25-26H,4-6,11-13,18-24,44H2,1-3H3;3-5H,6H2,1-2H3;1H,(H2,2,3);2H2,1H3;1H4/t26-;;;;/m0..../s1. The second-order valence-corrected chi connectivity index (χ2v) is 17.2. The summed E-state index contributed by atoms with van der Waals surface area (Å²) < 4.78 is 57.5. The molecule has 8 N–H and O–H groups in total. The lowest BCUT2D eigenvalue weighted by Gasteiger charge is -2.42. The molecule has 5 heterocycles. The monoisotopic (exact) mass is 954 g/mol. The SMILES string of the molecule is C.CC(C)C(N)C=O.CCc1ccc(COC(=O)N(CCN)c2cc(C3(Cc4nncn4C)COC3)cc(N3Cc4c(cc(CN5CCC[C@H](C)C5)cc4C(F)(F)F)C3=O)n2)cc1.CN.NC=O. The van der Waals surface area contributed by atoms with E-state index in [0.29, 0.717) is 49.0 Å². The Morgan fingerprint density at radius 3 is 2.25 bits per heavy atom. The quantitative estimate of drug-likeness (QED) is 0.118. The molecule has 2 fully saturated rings. The van der Waals surface area contributed by atoms with E-state index in [1.165, 1.54) is 22.9 Å². The van der Waals surface area contributed by atoms with Crippen molar-refractivity contribution in [1.82, 2.24) is 24.6 Å². The predicted octanol–water partition coefficient (Wildman–Crippen LogP) is 5.28. The van der Waals surface area contributed by atoms with Crippen LogP contribution in [-0.4, -0.2) is 102 Å². The molecule has 3 amide bonds. The Hall–Kier alpha value is -5.80. The number of hydrogen-bond donors (Lipinski definition) is 4. The van der Waals surface area contributed by atoms with Gasteiger partial charge in [-0.1, -0.05) is 59.4 Å². The van der Waals surface area contributed by atoms with E-state index in [1.807, 2.05) is 45.2 Å². The Balaban J connectivity index is 0.000000846. The number of nitrogens with two attached hydrogens (primary N) is 4. The molecule has 0 spiro atoms. The number of likely N-dealkylation sites (tertiary alicyclic amines) is 1. The highest BCUT2D eigenvalue weighted by atomic mass is 19.4. The normalized spacial score (nSPS) is 16.5. The molecule has 17 nitrogen and oxygen atoms in total. The number of rotatable bonds is 14. The van der Waals surface area contributed by atoms with Crippen LogP contribution >= 0.6 is 0 Å². The number of aldehydes is 1. The van der Waals surface area contributed by atoms with Crippen LogP contribution in [0.1, 0.15) is 97.5 Å². The number of amides is 3. The largest absolute Gasteiger partial charge is 0.444 e. The van der Waals surface area contributed by atoms with E-state index in [-0.39, 0.29) is 74.8 Å². The number of alkyl halides is 3. The molecule has 3 aliphatic heterocycles. The van der Waals surface area contributed by atoms with Crippen molar-refractivity contribution in [2.75, 3.05) is 56.2 Å². The second kappa shape index (κ2) is 26.1. The van der Waals surface area contributed by atoms with Crippen molar-refractivity contribution in [3.05, 3.63) is 99.6 Å². The highest BCUT2D eigenvalue weighted by Gasteiger charge is 2.45. The highest BCUT2D eigenvalue weighted by molar-refractivity contribution is 6.10. The van der Waals surface area contributed by atoms with Gasteiger partial charge in [0.1, 0.15) is 36.7 Å². The highest BCUT2D eigenvalue weighted by Crippen LogP contribution is 2.42. The molecule has 0 radical (unpaired) electrons. The number of fused-ring (bicyclic) bond motifs is 1. The van der Waals surface area contributed by atoms with Crippen LogP contribution in [0.15, 0.2) is 54.9 Å². The zero-order valence-electron chi connectivity index (χ0n) is 39.3. The van der Waals surface area contributed by atoms with Crippen molar-refractivity contribution in [3.8, 4) is 0 Å². The minimum atomic E-state index is -4.69. The van der Waals surface area contributed by atoms with Gasteiger partial charge >= 0.3 is 12.3 Å². The van der Waals surface area contributed by atoms with Crippen molar-refractivity contribution in [2.45, 2.75) is 98.1 Å². The molecule has 0 saturated carbocycles. The number of aryl methyl sites for hydroxylation is 2. The Labute approximate surface area is 397 Å². The van der Waals surface area contributed by atoms with E-state index >= 15 is 0 Å². The van der Waals surface area contributed by atoms with E-state index in [1.54, 1.807) is 29.1 Å².